The first kappa shape index (κ1) is 15.6. The van der Waals surface area contributed by atoms with Crippen LogP contribution in [0.15, 0.2) is 24.3 Å². The van der Waals surface area contributed by atoms with Crippen molar-refractivity contribution in [1.29, 1.82) is 0 Å². The zero-order valence-corrected chi connectivity index (χ0v) is 10.9. The SMILES string of the molecule is CCc1ccc(CCC(=O)NCC(O)C(F)F)cc1. The van der Waals surface area contributed by atoms with Crippen molar-refractivity contribution >= 4 is 5.91 Å². The normalized spacial score (nSPS) is 12.5. The molecule has 106 valence electrons. The number of aliphatic hydroxyl groups is 1. The molecule has 0 spiro atoms. The van der Waals surface area contributed by atoms with Gasteiger partial charge in [0.2, 0.25) is 5.91 Å². The molecule has 0 saturated heterocycles. The lowest BCUT2D eigenvalue weighted by Gasteiger charge is -2.10. The summed E-state index contributed by atoms with van der Waals surface area (Å²) in [5.41, 5.74) is 2.26. The van der Waals surface area contributed by atoms with Crippen LogP contribution in [0.25, 0.3) is 0 Å². The van der Waals surface area contributed by atoms with Crippen LogP contribution in [0, 0.1) is 0 Å². The van der Waals surface area contributed by atoms with Crippen LogP contribution >= 0.6 is 0 Å². The van der Waals surface area contributed by atoms with Crippen LogP contribution < -0.4 is 5.32 Å². The highest BCUT2D eigenvalue weighted by molar-refractivity contribution is 5.76. The van der Waals surface area contributed by atoms with Crippen molar-refractivity contribution in [1.82, 2.24) is 5.32 Å². The Morgan fingerprint density at radius 1 is 1.26 bits per heavy atom. The summed E-state index contributed by atoms with van der Waals surface area (Å²) in [7, 11) is 0. The van der Waals surface area contributed by atoms with Crippen molar-refractivity contribution in [3.8, 4) is 0 Å². The average Bonchev–Trinajstić information content (AvgIpc) is 2.42. The number of alkyl halides is 2. The molecule has 0 aromatic heterocycles. The van der Waals surface area contributed by atoms with Gasteiger partial charge in [0.1, 0.15) is 6.10 Å². The average molecular weight is 271 g/mol. The van der Waals surface area contributed by atoms with Crippen LogP contribution in [-0.2, 0) is 17.6 Å². The number of amides is 1. The standard InChI is InChI=1S/C14H19F2NO2/c1-2-10-3-5-11(6-4-10)7-8-13(19)17-9-12(18)14(15)16/h3-6,12,14,18H,2,7-9H2,1H3,(H,17,19). The maximum atomic E-state index is 12.0. The lowest BCUT2D eigenvalue weighted by molar-refractivity contribution is -0.122. The summed E-state index contributed by atoms with van der Waals surface area (Å²) in [6.45, 7) is 1.65. The Morgan fingerprint density at radius 3 is 2.37 bits per heavy atom. The lowest BCUT2D eigenvalue weighted by atomic mass is 10.1. The first-order valence-corrected chi connectivity index (χ1v) is 6.33. The van der Waals surface area contributed by atoms with Crippen molar-refractivity contribution in [2.75, 3.05) is 6.54 Å². The third-order valence-electron chi connectivity index (χ3n) is 2.87. The fraction of sp³-hybridized carbons (Fsp3) is 0.500. The molecule has 0 bridgehead atoms. The zero-order valence-electron chi connectivity index (χ0n) is 10.9. The van der Waals surface area contributed by atoms with Crippen LogP contribution in [0.3, 0.4) is 0 Å². The number of aliphatic hydroxyl groups excluding tert-OH is 1. The van der Waals surface area contributed by atoms with Gasteiger partial charge in [-0.25, -0.2) is 8.78 Å². The third kappa shape index (κ3) is 5.79. The number of rotatable bonds is 7. The quantitative estimate of drug-likeness (QED) is 0.796. The first-order chi connectivity index (χ1) is 9.02. The van der Waals surface area contributed by atoms with Gasteiger partial charge in [-0.2, -0.15) is 0 Å². The van der Waals surface area contributed by atoms with Crippen LogP contribution in [0.2, 0.25) is 0 Å². The molecule has 0 aliphatic heterocycles. The van der Waals surface area contributed by atoms with Gasteiger partial charge >= 0.3 is 0 Å². The van der Waals surface area contributed by atoms with E-state index in [4.69, 9.17) is 5.11 Å². The van der Waals surface area contributed by atoms with Crippen LogP contribution in [0.4, 0.5) is 8.78 Å². The van der Waals surface area contributed by atoms with E-state index in [1.54, 1.807) is 0 Å². The highest BCUT2D eigenvalue weighted by Gasteiger charge is 2.17. The van der Waals surface area contributed by atoms with E-state index in [1.807, 2.05) is 24.3 Å². The molecule has 1 unspecified atom stereocenters. The second-order valence-electron chi connectivity index (χ2n) is 4.38. The summed E-state index contributed by atoms with van der Waals surface area (Å²) in [5, 5.41) is 11.1. The molecular formula is C14H19F2NO2. The van der Waals surface area contributed by atoms with Crippen molar-refractivity contribution in [3.05, 3.63) is 35.4 Å². The molecule has 0 saturated carbocycles. The highest BCUT2D eigenvalue weighted by atomic mass is 19.3. The molecule has 3 nitrogen and oxygen atoms in total. The number of hydrogen-bond donors (Lipinski definition) is 2. The van der Waals surface area contributed by atoms with Crippen molar-refractivity contribution in [3.63, 3.8) is 0 Å². The molecule has 0 radical (unpaired) electrons. The minimum atomic E-state index is -2.83. The maximum absolute atomic E-state index is 12.0. The van der Waals surface area contributed by atoms with Gasteiger partial charge < -0.3 is 10.4 Å². The van der Waals surface area contributed by atoms with E-state index in [1.165, 1.54) is 5.56 Å². The van der Waals surface area contributed by atoms with E-state index in [0.29, 0.717) is 6.42 Å². The molecule has 1 amide bonds. The Morgan fingerprint density at radius 2 is 1.84 bits per heavy atom. The Labute approximate surface area is 111 Å². The predicted octanol–water partition coefficient (Wildman–Crippen LogP) is 1.92. The third-order valence-corrected chi connectivity index (χ3v) is 2.87. The van der Waals surface area contributed by atoms with Gasteiger partial charge in [0.15, 0.2) is 0 Å². The number of carbonyl (C=O) groups is 1. The Balaban J connectivity index is 2.29. The van der Waals surface area contributed by atoms with Gasteiger partial charge in [-0.05, 0) is 24.0 Å². The van der Waals surface area contributed by atoms with Crippen LogP contribution in [-0.4, -0.2) is 30.1 Å². The van der Waals surface area contributed by atoms with Gasteiger partial charge in [-0.3, -0.25) is 4.79 Å². The minimum Gasteiger partial charge on any atom is -0.385 e. The summed E-state index contributed by atoms with van der Waals surface area (Å²) in [5.74, 6) is -0.334. The molecule has 2 N–H and O–H groups in total. The smallest absolute Gasteiger partial charge is 0.265 e. The Kier molecular flexibility index (Phi) is 6.42. The monoisotopic (exact) mass is 271 g/mol. The van der Waals surface area contributed by atoms with E-state index < -0.39 is 19.1 Å². The molecule has 1 aromatic carbocycles. The molecule has 0 aliphatic carbocycles. The molecule has 1 atom stereocenters. The lowest BCUT2D eigenvalue weighted by Crippen LogP contribution is -2.35. The Hall–Kier alpha value is -1.49. The number of aryl methyl sites for hydroxylation is 2. The number of nitrogens with one attached hydrogen (secondary N) is 1. The largest absolute Gasteiger partial charge is 0.385 e. The maximum Gasteiger partial charge on any atom is 0.265 e. The molecule has 1 rings (SSSR count). The summed E-state index contributed by atoms with van der Waals surface area (Å²) in [6, 6.07) is 7.93. The molecular weight excluding hydrogens is 252 g/mol. The van der Waals surface area contributed by atoms with E-state index in [2.05, 4.69) is 12.2 Å². The molecule has 0 fully saturated rings. The Bertz CT molecular complexity index is 393. The van der Waals surface area contributed by atoms with Gasteiger partial charge in [0.05, 0.1) is 0 Å². The number of hydrogen-bond acceptors (Lipinski definition) is 2. The molecule has 19 heavy (non-hydrogen) atoms. The molecule has 0 aliphatic rings. The van der Waals surface area contributed by atoms with E-state index in [-0.39, 0.29) is 12.3 Å². The van der Waals surface area contributed by atoms with Crippen molar-refractivity contribution in [2.24, 2.45) is 0 Å². The number of benzene rings is 1. The topological polar surface area (TPSA) is 49.3 Å². The molecule has 0 heterocycles. The van der Waals surface area contributed by atoms with Gasteiger partial charge in [-0.15, -0.1) is 0 Å². The van der Waals surface area contributed by atoms with Gasteiger partial charge in [-0.1, -0.05) is 31.2 Å². The van der Waals surface area contributed by atoms with Crippen LogP contribution in [0.5, 0.6) is 0 Å². The van der Waals surface area contributed by atoms with Gasteiger partial charge in [0.25, 0.3) is 6.43 Å². The highest BCUT2D eigenvalue weighted by Crippen LogP contribution is 2.07. The first-order valence-electron chi connectivity index (χ1n) is 6.33. The van der Waals surface area contributed by atoms with E-state index in [0.717, 1.165) is 12.0 Å². The van der Waals surface area contributed by atoms with E-state index in [9.17, 15) is 13.6 Å². The summed E-state index contributed by atoms with van der Waals surface area (Å²) < 4.78 is 24.0. The number of carbonyl (C=O) groups excluding carboxylic acids is 1. The summed E-state index contributed by atoms with van der Waals surface area (Å²) in [4.78, 5) is 11.4. The number of halogens is 2. The van der Waals surface area contributed by atoms with Crippen molar-refractivity contribution < 1.29 is 18.7 Å². The molecule has 5 heteroatoms. The minimum absolute atomic E-state index is 0.224. The fourth-order valence-corrected chi connectivity index (χ4v) is 1.60. The van der Waals surface area contributed by atoms with E-state index >= 15 is 0 Å². The fourth-order valence-electron chi connectivity index (χ4n) is 1.60. The van der Waals surface area contributed by atoms with Gasteiger partial charge in [0, 0.05) is 13.0 Å². The van der Waals surface area contributed by atoms with Crippen LogP contribution in [0.1, 0.15) is 24.5 Å². The summed E-state index contributed by atoms with van der Waals surface area (Å²) in [6.07, 6.45) is -2.89. The predicted molar refractivity (Wildman–Crippen MR) is 69.2 cm³/mol. The zero-order chi connectivity index (χ0) is 14.3. The molecule has 1 aromatic rings. The second kappa shape index (κ2) is 7.84. The van der Waals surface area contributed by atoms with Crippen molar-refractivity contribution in [2.45, 2.75) is 38.7 Å². The summed E-state index contributed by atoms with van der Waals surface area (Å²) >= 11 is 0. The second-order valence-corrected chi connectivity index (χ2v) is 4.38.